The highest BCUT2D eigenvalue weighted by Crippen LogP contribution is 2.30. The fourth-order valence-electron chi connectivity index (χ4n) is 3.87. The van der Waals surface area contributed by atoms with E-state index < -0.39 is 0 Å². The van der Waals surface area contributed by atoms with Gasteiger partial charge in [0, 0.05) is 28.3 Å². The molecular weight excluding hydrogens is 499 g/mol. The first-order chi connectivity index (χ1) is 16.5. The third-order valence-corrected chi connectivity index (χ3v) is 5.95. The molecule has 3 heterocycles. The van der Waals surface area contributed by atoms with Crippen LogP contribution in [0.4, 0.5) is 10.2 Å². The molecule has 3 aromatic heterocycles. The standard InChI is InChI=1S/C25H20BrFN6O/c1-16-24-21(18-4-8-20(27)9-5-18)10-12-28-25(24)33(30-16)15-23(34)29-22-11-13-32(31-22)14-17-2-6-19(26)7-3-17/h2-13H,14-15H2,1H3,(H,29,31,34). The molecule has 1 N–H and O–H groups in total. The van der Waals surface area contributed by atoms with Crippen LogP contribution in [0.5, 0.6) is 0 Å². The molecule has 9 heteroatoms. The smallest absolute Gasteiger partial charge is 0.247 e. The maximum Gasteiger partial charge on any atom is 0.247 e. The minimum absolute atomic E-state index is 0.0101. The lowest BCUT2D eigenvalue weighted by Gasteiger charge is -2.06. The minimum Gasteiger partial charge on any atom is -0.308 e. The third-order valence-electron chi connectivity index (χ3n) is 5.42. The number of carbonyl (C=O) groups is 1. The highest BCUT2D eigenvalue weighted by atomic mass is 79.9. The van der Waals surface area contributed by atoms with Crippen molar-refractivity contribution in [1.82, 2.24) is 24.5 Å². The number of amides is 1. The van der Waals surface area contributed by atoms with Gasteiger partial charge in [0.15, 0.2) is 11.5 Å². The van der Waals surface area contributed by atoms with E-state index in [1.807, 2.05) is 43.5 Å². The molecule has 7 nitrogen and oxygen atoms in total. The number of aryl methyl sites for hydroxylation is 1. The van der Waals surface area contributed by atoms with Crippen LogP contribution in [0.1, 0.15) is 11.3 Å². The van der Waals surface area contributed by atoms with Crippen LogP contribution in [0.25, 0.3) is 22.2 Å². The molecule has 2 aromatic carbocycles. The zero-order chi connectivity index (χ0) is 23.7. The average molecular weight is 519 g/mol. The molecule has 0 aliphatic carbocycles. The van der Waals surface area contributed by atoms with E-state index in [4.69, 9.17) is 0 Å². The Morgan fingerprint density at radius 1 is 1.03 bits per heavy atom. The summed E-state index contributed by atoms with van der Waals surface area (Å²) in [5, 5.41) is 12.6. The topological polar surface area (TPSA) is 77.6 Å². The van der Waals surface area contributed by atoms with E-state index in [1.165, 1.54) is 12.1 Å². The van der Waals surface area contributed by atoms with Crippen LogP contribution in [0.3, 0.4) is 0 Å². The number of anilines is 1. The molecule has 0 spiro atoms. The molecule has 0 unspecified atom stereocenters. The van der Waals surface area contributed by atoms with Crippen LogP contribution < -0.4 is 5.32 Å². The van der Waals surface area contributed by atoms with Gasteiger partial charge in [0.05, 0.1) is 12.2 Å². The van der Waals surface area contributed by atoms with Crippen molar-refractivity contribution in [3.63, 3.8) is 0 Å². The number of pyridine rings is 1. The van der Waals surface area contributed by atoms with Crippen LogP contribution in [0.15, 0.2) is 77.5 Å². The molecule has 0 radical (unpaired) electrons. The van der Waals surface area contributed by atoms with E-state index in [2.05, 4.69) is 36.4 Å². The Morgan fingerprint density at radius 2 is 1.79 bits per heavy atom. The zero-order valence-corrected chi connectivity index (χ0v) is 19.8. The van der Waals surface area contributed by atoms with Gasteiger partial charge < -0.3 is 5.32 Å². The highest BCUT2D eigenvalue weighted by Gasteiger charge is 2.16. The molecule has 0 aliphatic heterocycles. The summed E-state index contributed by atoms with van der Waals surface area (Å²) in [6.07, 6.45) is 3.49. The van der Waals surface area contributed by atoms with Crippen molar-refractivity contribution < 1.29 is 9.18 Å². The number of benzene rings is 2. The van der Waals surface area contributed by atoms with Crippen LogP contribution >= 0.6 is 15.9 Å². The van der Waals surface area contributed by atoms with Gasteiger partial charge >= 0.3 is 0 Å². The predicted octanol–water partition coefficient (Wildman–Crippen LogP) is 5.19. The van der Waals surface area contributed by atoms with Crippen LogP contribution in [-0.2, 0) is 17.9 Å². The number of rotatable bonds is 6. The molecule has 0 bridgehead atoms. The first-order valence-corrected chi connectivity index (χ1v) is 11.4. The average Bonchev–Trinajstić information content (AvgIpc) is 3.39. The van der Waals surface area contributed by atoms with Gasteiger partial charge in [0.2, 0.25) is 5.91 Å². The number of aromatic nitrogens is 5. The second kappa shape index (κ2) is 9.18. The maximum absolute atomic E-state index is 13.4. The third kappa shape index (κ3) is 4.60. The molecule has 5 rings (SSSR count). The first-order valence-electron chi connectivity index (χ1n) is 10.6. The number of hydrogen-bond acceptors (Lipinski definition) is 4. The van der Waals surface area contributed by atoms with Gasteiger partial charge in [-0.1, -0.05) is 40.2 Å². The predicted molar refractivity (Wildman–Crippen MR) is 132 cm³/mol. The molecule has 34 heavy (non-hydrogen) atoms. The molecule has 0 aliphatic rings. The Kier molecular flexibility index (Phi) is 5.93. The molecule has 1 amide bonds. The number of carbonyl (C=O) groups excluding carboxylic acids is 1. The van der Waals surface area contributed by atoms with E-state index in [0.29, 0.717) is 18.0 Å². The van der Waals surface area contributed by atoms with Crippen LogP contribution in [-0.4, -0.2) is 30.5 Å². The maximum atomic E-state index is 13.4. The Morgan fingerprint density at radius 3 is 2.56 bits per heavy atom. The van der Waals surface area contributed by atoms with Crippen molar-refractivity contribution in [3.05, 3.63) is 94.6 Å². The van der Waals surface area contributed by atoms with Crippen molar-refractivity contribution in [3.8, 4) is 11.1 Å². The van der Waals surface area contributed by atoms with Gasteiger partial charge in [-0.3, -0.25) is 9.48 Å². The Balaban J connectivity index is 1.32. The Bertz CT molecular complexity index is 1470. The first kappa shape index (κ1) is 22.0. The molecule has 0 atom stereocenters. The molecule has 170 valence electrons. The summed E-state index contributed by atoms with van der Waals surface area (Å²) in [5.74, 6) is -0.0834. The van der Waals surface area contributed by atoms with Gasteiger partial charge in [0.1, 0.15) is 12.4 Å². The van der Waals surface area contributed by atoms with Gasteiger partial charge in [-0.2, -0.15) is 10.2 Å². The van der Waals surface area contributed by atoms with Crippen molar-refractivity contribution in [2.45, 2.75) is 20.0 Å². The number of nitrogens with zero attached hydrogens (tertiary/aromatic N) is 5. The lowest BCUT2D eigenvalue weighted by molar-refractivity contribution is -0.116. The molecule has 0 saturated heterocycles. The molecule has 0 saturated carbocycles. The van der Waals surface area contributed by atoms with Crippen molar-refractivity contribution in [2.75, 3.05) is 5.32 Å². The monoisotopic (exact) mass is 518 g/mol. The zero-order valence-electron chi connectivity index (χ0n) is 18.2. The summed E-state index contributed by atoms with van der Waals surface area (Å²) in [6, 6.07) is 17.9. The van der Waals surface area contributed by atoms with Crippen molar-refractivity contribution in [1.29, 1.82) is 0 Å². The van der Waals surface area contributed by atoms with Crippen LogP contribution in [0, 0.1) is 12.7 Å². The summed E-state index contributed by atoms with van der Waals surface area (Å²) >= 11 is 3.43. The molecule has 0 fully saturated rings. The van der Waals surface area contributed by atoms with E-state index >= 15 is 0 Å². The van der Waals surface area contributed by atoms with Gasteiger partial charge in [0.25, 0.3) is 0 Å². The number of fused-ring (bicyclic) bond motifs is 1. The van der Waals surface area contributed by atoms with E-state index in [-0.39, 0.29) is 18.3 Å². The lowest BCUT2D eigenvalue weighted by atomic mass is 10.0. The molecular formula is C25H20BrFN6O. The van der Waals surface area contributed by atoms with Gasteiger partial charge in [-0.05, 0) is 53.9 Å². The summed E-state index contributed by atoms with van der Waals surface area (Å²) in [7, 11) is 0. The second-order valence-corrected chi connectivity index (χ2v) is 8.80. The summed E-state index contributed by atoms with van der Waals surface area (Å²) in [4.78, 5) is 17.2. The number of hydrogen-bond donors (Lipinski definition) is 1. The minimum atomic E-state index is -0.294. The van der Waals surface area contributed by atoms with Gasteiger partial charge in [-0.25, -0.2) is 14.1 Å². The van der Waals surface area contributed by atoms with E-state index in [0.717, 1.165) is 32.2 Å². The fourth-order valence-corrected chi connectivity index (χ4v) is 4.14. The molecule has 5 aromatic rings. The Hall–Kier alpha value is -3.85. The largest absolute Gasteiger partial charge is 0.308 e. The highest BCUT2D eigenvalue weighted by molar-refractivity contribution is 9.10. The second-order valence-electron chi connectivity index (χ2n) is 7.88. The van der Waals surface area contributed by atoms with Gasteiger partial charge in [-0.15, -0.1) is 0 Å². The Labute approximate surface area is 203 Å². The number of nitrogens with one attached hydrogen (secondary N) is 1. The summed E-state index contributed by atoms with van der Waals surface area (Å²) in [5.41, 5.74) is 4.19. The van der Waals surface area contributed by atoms with Crippen molar-refractivity contribution in [2.24, 2.45) is 0 Å². The number of halogens is 2. The van der Waals surface area contributed by atoms with Crippen LogP contribution in [0.2, 0.25) is 0 Å². The lowest BCUT2D eigenvalue weighted by Crippen LogP contribution is -2.20. The summed E-state index contributed by atoms with van der Waals surface area (Å²) < 4.78 is 17.7. The fraction of sp³-hybridized carbons (Fsp3) is 0.120. The van der Waals surface area contributed by atoms with E-state index in [1.54, 1.807) is 33.8 Å². The SMILES string of the molecule is Cc1nn(CC(=O)Nc2ccn(Cc3ccc(Br)cc3)n2)c2nccc(-c3ccc(F)cc3)c12. The summed E-state index contributed by atoms with van der Waals surface area (Å²) in [6.45, 7) is 2.46. The van der Waals surface area contributed by atoms with Crippen molar-refractivity contribution >= 4 is 38.7 Å². The van der Waals surface area contributed by atoms with E-state index in [9.17, 15) is 9.18 Å². The quantitative estimate of drug-likeness (QED) is 0.335. The normalized spacial score (nSPS) is 11.1.